The van der Waals surface area contributed by atoms with E-state index < -0.39 is 47.2 Å². The number of Topliss-reactive ketones (excluding diaryl/α,β-unsaturated/α-hetero) is 1. The normalized spacial score (nSPS) is 24.1. The molecule has 2 aliphatic carbocycles. The summed E-state index contributed by atoms with van der Waals surface area (Å²) in [5, 5.41) is 11.0. The fourth-order valence-corrected chi connectivity index (χ4v) is 7.23. The van der Waals surface area contributed by atoms with Crippen LogP contribution < -0.4 is 21.3 Å². The summed E-state index contributed by atoms with van der Waals surface area (Å²) in [6.45, 7) is 17.4. The van der Waals surface area contributed by atoms with Crippen LogP contribution in [0.25, 0.3) is 0 Å². The minimum Gasteiger partial charge on any atom is -0.350 e. The molecule has 11 nitrogen and oxygen atoms in total. The maximum Gasteiger partial charge on any atom is 0.290 e. The molecule has 3 rings (SSSR count). The van der Waals surface area contributed by atoms with Gasteiger partial charge in [-0.15, -0.1) is 0 Å². The number of ketones is 1. The van der Waals surface area contributed by atoms with E-state index in [1.807, 2.05) is 48.5 Å². The number of carbonyl (C=O) groups excluding carboxylic acids is 6. The quantitative estimate of drug-likeness (QED) is 0.243. The number of rotatable bonds is 12. The molecule has 11 heteroatoms. The van der Waals surface area contributed by atoms with Crippen molar-refractivity contribution in [2.24, 2.45) is 28.6 Å². The molecule has 0 spiro atoms. The highest BCUT2D eigenvalue weighted by molar-refractivity contribution is 6.38. The van der Waals surface area contributed by atoms with E-state index in [-0.39, 0.29) is 59.8 Å². The Balaban J connectivity index is 1.78. The van der Waals surface area contributed by atoms with Crippen molar-refractivity contribution in [1.29, 1.82) is 0 Å². The van der Waals surface area contributed by atoms with Gasteiger partial charge < -0.3 is 26.2 Å². The van der Waals surface area contributed by atoms with Gasteiger partial charge in [0.05, 0.1) is 12.6 Å². The first-order valence-electron chi connectivity index (χ1n) is 16.8. The van der Waals surface area contributed by atoms with E-state index in [9.17, 15) is 28.8 Å². The topological polar surface area (TPSA) is 154 Å². The largest absolute Gasteiger partial charge is 0.350 e. The lowest BCUT2D eigenvalue weighted by Crippen LogP contribution is -2.59. The summed E-state index contributed by atoms with van der Waals surface area (Å²) in [7, 11) is 0. The number of amides is 5. The molecule has 1 heterocycles. The van der Waals surface area contributed by atoms with Gasteiger partial charge in [0.25, 0.3) is 5.91 Å². The average molecular weight is 632 g/mol. The standard InChI is InChI=1S/C34H57N5O6/c1-10-14-22(28(42)30(44)35-18-24(41)38-33(5,6)7)36-29(43)27-25-21(34(25,8)9)19-39(27)31(45)26(20-15-12-11-13-16-20)37-23(40)17-32(2,3)4/h20-22,25-27H,10-19H2,1-9H3,(H,35,44)(H,36,43)(H,37,40)(H,38,41)/t21-,22?,25-,26-,27-/m0/s1. The van der Waals surface area contributed by atoms with Crippen LogP contribution >= 0.6 is 0 Å². The second-order valence-corrected chi connectivity index (χ2v) is 16.3. The summed E-state index contributed by atoms with van der Waals surface area (Å²) in [6, 6.07) is -2.61. The van der Waals surface area contributed by atoms with Crippen LogP contribution in [0, 0.1) is 28.6 Å². The molecule has 0 aromatic rings. The lowest BCUT2D eigenvalue weighted by atomic mass is 9.82. The molecule has 2 saturated carbocycles. The Hall–Kier alpha value is -2.98. The van der Waals surface area contributed by atoms with E-state index in [2.05, 4.69) is 35.1 Å². The molecule has 4 N–H and O–H groups in total. The number of carbonyl (C=O) groups is 6. The number of nitrogens with zero attached hydrogens (tertiary/aromatic N) is 1. The van der Waals surface area contributed by atoms with Crippen LogP contribution in [-0.4, -0.2) is 77.0 Å². The van der Waals surface area contributed by atoms with Crippen molar-refractivity contribution in [3.05, 3.63) is 0 Å². The maximum absolute atomic E-state index is 14.3. The van der Waals surface area contributed by atoms with E-state index in [0.29, 0.717) is 13.0 Å². The minimum absolute atomic E-state index is 0.00240. The van der Waals surface area contributed by atoms with Gasteiger partial charge in [-0.1, -0.05) is 67.2 Å². The van der Waals surface area contributed by atoms with E-state index in [4.69, 9.17) is 0 Å². The molecule has 5 atom stereocenters. The molecule has 1 unspecified atom stereocenters. The van der Waals surface area contributed by atoms with Gasteiger partial charge in [-0.25, -0.2) is 0 Å². The average Bonchev–Trinajstić information content (AvgIpc) is 3.24. The second-order valence-electron chi connectivity index (χ2n) is 16.3. The van der Waals surface area contributed by atoms with Gasteiger partial charge >= 0.3 is 0 Å². The molecule has 3 fully saturated rings. The smallest absolute Gasteiger partial charge is 0.290 e. The first-order chi connectivity index (χ1) is 20.8. The molecule has 1 aliphatic heterocycles. The Kier molecular flexibility index (Phi) is 11.5. The highest BCUT2D eigenvalue weighted by Gasteiger charge is 2.69. The summed E-state index contributed by atoms with van der Waals surface area (Å²) in [5.74, 6) is -3.05. The molecule has 5 amide bonds. The maximum atomic E-state index is 14.3. The lowest BCUT2D eigenvalue weighted by molar-refractivity contribution is -0.146. The van der Waals surface area contributed by atoms with Gasteiger partial charge in [0.1, 0.15) is 12.1 Å². The summed E-state index contributed by atoms with van der Waals surface area (Å²) in [5.41, 5.74) is -0.888. The summed E-state index contributed by atoms with van der Waals surface area (Å²) >= 11 is 0. The van der Waals surface area contributed by atoms with Crippen LogP contribution in [0.3, 0.4) is 0 Å². The van der Waals surface area contributed by atoms with Crippen LogP contribution in [0.15, 0.2) is 0 Å². The van der Waals surface area contributed by atoms with Crippen LogP contribution in [0.5, 0.6) is 0 Å². The van der Waals surface area contributed by atoms with Gasteiger partial charge in [0, 0.05) is 18.5 Å². The molecule has 45 heavy (non-hydrogen) atoms. The third kappa shape index (κ3) is 9.51. The van der Waals surface area contributed by atoms with E-state index in [0.717, 1.165) is 32.1 Å². The lowest BCUT2D eigenvalue weighted by Gasteiger charge is -2.37. The first kappa shape index (κ1) is 36.5. The Labute approximate surface area is 269 Å². The van der Waals surface area contributed by atoms with Crippen molar-refractivity contribution >= 4 is 35.3 Å². The summed E-state index contributed by atoms with van der Waals surface area (Å²) < 4.78 is 0. The molecular formula is C34H57N5O6. The predicted octanol–water partition coefficient (Wildman–Crippen LogP) is 2.86. The molecule has 0 aromatic heterocycles. The van der Waals surface area contributed by atoms with E-state index in [1.165, 1.54) is 0 Å². The zero-order valence-corrected chi connectivity index (χ0v) is 28.9. The van der Waals surface area contributed by atoms with Crippen molar-refractivity contribution < 1.29 is 28.8 Å². The third-order valence-electron chi connectivity index (χ3n) is 9.51. The Bertz CT molecular complexity index is 1150. The van der Waals surface area contributed by atoms with Crippen LogP contribution in [0.4, 0.5) is 0 Å². The number of hydrogen-bond acceptors (Lipinski definition) is 6. The predicted molar refractivity (Wildman–Crippen MR) is 172 cm³/mol. The first-order valence-corrected chi connectivity index (χ1v) is 16.8. The molecule has 0 bridgehead atoms. The highest BCUT2D eigenvalue weighted by Crippen LogP contribution is 2.65. The number of nitrogens with one attached hydrogen (secondary N) is 4. The summed E-state index contributed by atoms with van der Waals surface area (Å²) in [6.07, 6.45) is 5.81. The van der Waals surface area contributed by atoms with Crippen LogP contribution in [0.2, 0.25) is 0 Å². The van der Waals surface area contributed by atoms with Gasteiger partial charge in [0.15, 0.2) is 0 Å². The SMILES string of the molecule is CCCC(NC(=O)[C@@H]1[C@@H]2[C@H](CN1C(=O)[C@@H](NC(=O)CC(C)(C)C)C1CCCCC1)C2(C)C)C(=O)C(=O)NCC(=O)NC(C)(C)C. The van der Waals surface area contributed by atoms with Crippen molar-refractivity contribution in [3.8, 4) is 0 Å². The molecule has 3 aliphatic rings. The van der Waals surface area contributed by atoms with Gasteiger partial charge in [-0.3, -0.25) is 28.8 Å². The minimum atomic E-state index is -1.09. The Morgan fingerprint density at radius 2 is 1.51 bits per heavy atom. The zero-order valence-electron chi connectivity index (χ0n) is 28.9. The van der Waals surface area contributed by atoms with Crippen molar-refractivity contribution in [2.45, 2.75) is 137 Å². The monoisotopic (exact) mass is 631 g/mol. The number of fused-ring (bicyclic) bond motifs is 1. The van der Waals surface area contributed by atoms with Crippen LogP contribution in [0.1, 0.15) is 114 Å². The van der Waals surface area contributed by atoms with Gasteiger partial charge in [0.2, 0.25) is 29.4 Å². The van der Waals surface area contributed by atoms with E-state index >= 15 is 0 Å². The summed E-state index contributed by atoms with van der Waals surface area (Å²) in [4.78, 5) is 81.1. The molecule has 0 radical (unpaired) electrons. The second kappa shape index (κ2) is 14.2. The molecule has 254 valence electrons. The zero-order chi connectivity index (χ0) is 33.9. The molecular weight excluding hydrogens is 574 g/mol. The fourth-order valence-electron chi connectivity index (χ4n) is 7.23. The van der Waals surface area contributed by atoms with Crippen molar-refractivity contribution in [3.63, 3.8) is 0 Å². The van der Waals surface area contributed by atoms with Crippen molar-refractivity contribution in [2.75, 3.05) is 13.1 Å². The number of hydrogen-bond donors (Lipinski definition) is 4. The van der Waals surface area contributed by atoms with Crippen LogP contribution in [-0.2, 0) is 28.8 Å². The van der Waals surface area contributed by atoms with Gasteiger partial charge in [-0.05, 0) is 68.6 Å². The van der Waals surface area contributed by atoms with Crippen molar-refractivity contribution in [1.82, 2.24) is 26.2 Å². The number of likely N-dealkylation sites (tertiary alicyclic amines) is 1. The fraction of sp³-hybridized carbons (Fsp3) is 0.824. The Morgan fingerprint density at radius 1 is 0.889 bits per heavy atom. The van der Waals surface area contributed by atoms with E-state index in [1.54, 1.807) is 4.90 Å². The molecule has 1 saturated heterocycles. The highest BCUT2D eigenvalue weighted by atomic mass is 16.2. The number of piperidine rings is 1. The third-order valence-corrected chi connectivity index (χ3v) is 9.51. The van der Waals surface area contributed by atoms with Gasteiger partial charge in [-0.2, -0.15) is 0 Å². The molecule has 0 aromatic carbocycles. The Morgan fingerprint density at radius 3 is 2.07 bits per heavy atom.